The third-order valence-electron chi connectivity index (χ3n) is 9.37. The van der Waals surface area contributed by atoms with E-state index < -0.39 is 50.4 Å². The Labute approximate surface area is 244 Å². The zero-order chi connectivity index (χ0) is 29.8. The minimum Gasteiger partial charge on any atom is -0.372 e. The molecule has 0 bridgehead atoms. The van der Waals surface area contributed by atoms with Gasteiger partial charge in [0.15, 0.2) is 5.60 Å². The van der Waals surface area contributed by atoms with Crippen LogP contribution in [0.25, 0.3) is 11.1 Å². The number of amides is 3. The highest BCUT2D eigenvalue weighted by atomic mass is 32.2. The van der Waals surface area contributed by atoms with E-state index in [1.54, 1.807) is 24.3 Å². The molecule has 0 unspecified atom stereocenters. The largest absolute Gasteiger partial charge is 0.372 e. The summed E-state index contributed by atoms with van der Waals surface area (Å²) in [6.07, 6.45) is 4.50. The van der Waals surface area contributed by atoms with E-state index in [-0.39, 0.29) is 30.7 Å². The Hall–Kier alpha value is -3.57. The summed E-state index contributed by atoms with van der Waals surface area (Å²) >= 11 is 0. The minimum atomic E-state index is -4.17. The monoisotopic (exact) mass is 595 g/mol. The number of nitrogens with zero attached hydrogens (tertiary/aromatic N) is 1. The molecule has 0 radical (unpaired) electrons. The van der Waals surface area contributed by atoms with Gasteiger partial charge in [0.2, 0.25) is 26.8 Å². The van der Waals surface area contributed by atoms with Crippen LogP contribution in [0, 0.1) is 17.8 Å². The molecule has 3 N–H and O–H groups in total. The average molecular weight is 596 g/mol. The van der Waals surface area contributed by atoms with Crippen LogP contribution >= 0.6 is 0 Å². The first-order valence-electron chi connectivity index (χ1n) is 14.4. The molecule has 6 rings (SSSR count). The normalized spacial score (nSPS) is 26.8. The van der Waals surface area contributed by atoms with Gasteiger partial charge in [0.1, 0.15) is 6.04 Å². The van der Waals surface area contributed by atoms with Gasteiger partial charge in [0, 0.05) is 36.4 Å². The summed E-state index contributed by atoms with van der Waals surface area (Å²) in [5, 5.41) is 16.3. The van der Waals surface area contributed by atoms with E-state index >= 15 is 0 Å². The number of carbonyl (C=O) groups is 3. The summed E-state index contributed by atoms with van der Waals surface area (Å²) in [6, 6.07) is 12.3. The molecule has 2 heterocycles. The fourth-order valence-electron chi connectivity index (χ4n) is 7.40. The van der Waals surface area contributed by atoms with Gasteiger partial charge in [-0.25, -0.2) is 8.42 Å². The Bertz CT molecular complexity index is 1540. The van der Waals surface area contributed by atoms with Gasteiger partial charge in [0.05, 0.1) is 6.04 Å². The van der Waals surface area contributed by atoms with Crippen LogP contribution in [0.1, 0.15) is 43.2 Å². The fraction of sp³-hybridized carbons (Fsp3) is 0.452. The molecule has 0 aromatic heterocycles. The van der Waals surface area contributed by atoms with Crippen LogP contribution in [-0.4, -0.2) is 67.6 Å². The first kappa shape index (κ1) is 28.5. The molecule has 5 atom stereocenters. The SMILES string of the molecule is CS(=O)(=O)/C(F)=C\[C@H](C[C@H]1CCNC1=O)NC(=O)[C@@H]1[C@H]2CCC[C@H]2CN1C(=O)C1(O)c2ccccc2-c2ccccc21. The van der Waals surface area contributed by atoms with Crippen molar-refractivity contribution < 1.29 is 32.3 Å². The van der Waals surface area contributed by atoms with Gasteiger partial charge in [-0.2, -0.15) is 4.39 Å². The molecule has 11 heteroatoms. The average Bonchev–Trinajstić information content (AvgIpc) is 3.72. The Kier molecular flexibility index (Phi) is 7.21. The molecule has 2 aromatic carbocycles. The van der Waals surface area contributed by atoms with Gasteiger partial charge in [-0.05, 0) is 54.7 Å². The summed E-state index contributed by atoms with van der Waals surface area (Å²) < 4.78 is 38.4. The highest BCUT2D eigenvalue weighted by Gasteiger charge is 2.56. The van der Waals surface area contributed by atoms with Crippen molar-refractivity contribution in [3.05, 3.63) is 70.9 Å². The predicted molar refractivity (Wildman–Crippen MR) is 153 cm³/mol. The van der Waals surface area contributed by atoms with Crippen molar-refractivity contribution in [1.29, 1.82) is 0 Å². The van der Waals surface area contributed by atoms with Gasteiger partial charge in [-0.15, -0.1) is 0 Å². The third-order valence-corrected chi connectivity index (χ3v) is 10.2. The van der Waals surface area contributed by atoms with E-state index in [1.165, 1.54) is 4.90 Å². The number of rotatable bonds is 7. The molecule has 4 aliphatic rings. The Morgan fingerprint density at radius 1 is 1.12 bits per heavy atom. The summed E-state index contributed by atoms with van der Waals surface area (Å²) in [6.45, 7) is 0.732. The quantitative estimate of drug-likeness (QED) is 0.451. The number of nitrogens with one attached hydrogen (secondary N) is 2. The first-order valence-corrected chi connectivity index (χ1v) is 16.3. The van der Waals surface area contributed by atoms with Crippen LogP contribution in [0.5, 0.6) is 0 Å². The first-order chi connectivity index (χ1) is 20.0. The molecule has 42 heavy (non-hydrogen) atoms. The van der Waals surface area contributed by atoms with Crippen molar-refractivity contribution in [2.24, 2.45) is 17.8 Å². The van der Waals surface area contributed by atoms with Crippen molar-refractivity contribution in [3.8, 4) is 11.1 Å². The van der Waals surface area contributed by atoms with Gasteiger partial charge in [-0.1, -0.05) is 55.0 Å². The topological polar surface area (TPSA) is 133 Å². The van der Waals surface area contributed by atoms with Crippen LogP contribution < -0.4 is 10.6 Å². The van der Waals surface area contributed by atoms with Crippen molar-refractivity contribution in [3.63, 3.8) is 0 Å². The second kappa shape index (κ2) is 10.6. The fourth-order valence-corrected chi connectivity index (χ4v) is 7.81. The number of benzene rings is 2. The lowest BCUT2D eigenvalue weighted by Gasteiger charge is -2.34. The van der Waals surface area contributed by atoms with E-state index in [4.69, 9.17) is 0 Å². The summed E-state index contributed by atoms with van der Waals surface area (Å²) in [7, 11) is -4.17. The van der Waals surface area contributed by atoms with E-state index in [9.17, 15) is 32.3 Å². The number of hydrogen-bond acceptors (Lipinski definition) is 6. The van der Waals surface area contributed by atoms with Crippen molar-refractivity contribution in [2.45, 2.75) is 49.8 Å². The molecule has 1 saturated carbocycles. The molecular weight excluding hydrogens is 561 g/mol. The molecular formula is C31H34FN3O6S. The van der Waals surface area contributed by atoms with Gasteiger partial charge in [0.25, 0.3) is 5.91 Å². The number of likely N-dealkylation sites (tertiary alicyclic amines) is 1. The van der Waals surface area contributed by atoms with Gasteiger partial charge in [-0.3, -0.25) is 14.4 Å². The molecule has 0 spiro atoms. The van der Waals surface area contributed by atoms with Crippen LogP contribution in [0.15, 0.2) is 59.8 Å². The molecule has 2 saturated heterocycles. The number of fused-ring (bicyclic) bond motifs is 4. The maximum absolute atomic E-state index is 14.6. The predicted octanol–water partition coefficient (Wildman–Crippen LogP) is 2.40. The lowest BCUT2D eigenvalue weighted by Crippen LogP contribution is -2.55. The molecule has 3 fully saturated rings. The maximum Gasteiger partial charge on any atom is 0.264 e. The molecule has 2 aromatic rings. The number of carbonyl (C=O) groups excluding carboxylic acids is 3. The second-order valence-electron chi connectivity index (χ2n) is 11.9. The zero-order valence-corrected chi connectivity index (χ0v) is 24.1. The van der Waals surface area contributed by atoms with E-state index in [1.807, 2.05) is 24.3 Å². The molecule has 9 nitrogen and oxygen atoms in total. The van der Waals surface area contributed by atoms with Gasteiger partial charge < -0.3 is 20.6 Å². The lowest BCUT2D eigenvalue weighted by molar-refractivity contribution is -0.152. The van der Waals surface area contributed by atoms with Crippen molar-refractivity contribution in [1.82, 2.24) is 15.5 Å². The molecule has 3 amide bonds. The Morgan fingerprint density at radius 3 is 2.36 bits per heavy atom. The number of hydrogen-bond donors (Lipinski definition) is 3. The second-order valence-corrected chi connectivity index (χ2v) is 13.9. The zero-order valence-electron chi connectivity index (χ0n) is 23.3. The standard InChI is InChI=1S/C31H34FN3O6S/c1-42(40,41)26(32)16-20(15-18-13-14-33-28(18)36)34-29(37)27-21-10-6-7-19(21)17-35(27)30(38)31(39)24-11-4-2-8-22(24)23-9-3-5-12-25(23)31/h2-5,8-9,11-12,16,18-21,27,39H,6-7,10,13-15,17H2,1H3,(H,33,36)(H,34,37)/b26-16-/t18-,19+,20+,21+,27+/m1/s1. The highest BCUT2D eigenvalue weighted by Crippen LogP contribution is 2.50. The van der Waals surface area contributed by atoms with Crippen LogP contribution in [0.3, 0.4) is 0 Å². The molecule has 2 aliphatic heterocycles. The van der Waals surface area contributed by atoms with Crippen LogP contribution in [0.2, 0.25) is 0 Å². The summed E-state index contributed by atoms with van der Waals surface area (Å²) in [5.74, 6) is -2.02. The highest BCUT2D eigenvalue weighted by molar-refractivity contribution is 7.94. The van der Waals surface area contributed by atoms with E-state index in [2.05, 4.69) is 10.6 Å². The molecule has 222 valence electrons. The smallest absolute Gasteiger partial charge is 0.264 e. The Balaban J connectivity index is 1.34. The van der Waals surface area contributed by atoms with E-state index in [0.717, 1.165) is 36.3 Å². The Morgan fingerprint density at radius 2 is 1.76 bits per heavy atom. The lowest BCUT2D eigenvalue weighted by atomic mass is 9.88. The molecule has 2 aliphatic carbocycles. The summed E-state index contributed by atoms with van der Waals surface area (Å²) in [5.41, 5.74) is 0.418. The van der Waals surface area contributed by atoms with Crippen LogP contribution in [0.4, 0.5) is 4.39 Å². The summed E-state index contributed by atoms with van der Waals surface area (Å²) in [4.78, 5) is 42.2. The number of halogens is 1. The number of aliphatic hydroxyl groups is 1. The maximum atomic E-state index is 14.6. The van der Waals surface area contributed by atoms with Gasteiger partial charge >= 0.3 is 0 Å². The van der Waals surface area contributed by atoms with E-state index in [0.29, 0.717) is 30.5 Å². The third kappa shape index (κ3) is 4.72. The minimum absolute atomic E-state index is 0.0139. The van der Waals surface area contributed by atoms with Crippen molar-refractivity contribution in [2.75, 3.05) is 19.3 Å². The van der Waals surface area contributed by atoms with Crippen LogP contribution in [-0.2, 0) is 29.8 Å². The number of sulfone groups is 1. The van der Waals surface area contributed by atoms with Crippen molar-refractivity contribution >= 4 is 27.6 Å².